The largest absolute Gasteiger partial charge is 0.457 e. The van der Waals surface area contributed by atoms with Crippen LogP contribution in [0.15, 0.2) is 101 Å². The number of carbonyl (C=O) groups is 2. The maximum Gasteiger partial charge on any atom is 0.270 e. The molecule has 0 atom stereocenters. The van der Waals surface area contributed by atoms with Crippen LogP contribution in [-0.2, 0) is 9.59 Å². The number of halogens is 1. The van der Waals surface area contributed by atoms with E-state index in [-0.39, 0.29) is 10.7 Å². The predicted molar refractivity (Wildman–Crippen MR) is 141 cm³/mol. The molecular weight excluding hydrogens is 512 g/mol. The Labute approximate surface area is 209 Å². The lowest BCUT2D eigenvalue weighted by molar-refractivity contribution is -0.122. The number of para-hydroxylation sites is 1. The van der Waals surface area contributed by atoms with Crippen molar-refractivity contribution >= 4 is 67.6 Å². The van der Waals surface area contributed by atoms with Gasteiger partial charge in [0.05, 0.1) is 5.69 Å². The number of thiocarbonyl (C=S) groups is 1. The third-order valence-corrected chi connectivity index (χ3v) is 6.54. The third kappa shape index (κ3) is 4.23. The molecule has 4 aromatic rings. The first-order valence-electron chi connectivity index (χ1n) is 10.4. The number of hydrogen-bond donors (Lipinski definition) is 1. The summed E-state index contributed by atoms with van der Waals surface area (Å²) in [5.41, 5.74) is 1.24. The molecule has 0 radical (unpaired) electrons. The van der Waals surface area contributed by atoms with E-state index < -0.39 is 11.8 Å². The molecule has 0 saturated carbocycles. The Hall–Kier alpha value is -3.81. The fraction of sp³-hybridized carbons (Fsp3) is 0. The summed E-state index contributed by atoms with van der Waals surface area (Å²) in [6.07, 6.45) is 1.58. The number of benzene rings is 4. The maximum atomic E-state index is 13.4. The van der Waals surface area contributed by atoms with E-state index >= 15 is 0 Å². The average molecular weight is 529 g/mol. The van der Waals surface area contributed by atoms with E-state index in [0.29, 0.717) is 17.2 Å². The van der Waals surface area contributed by atoms with Crippen LogP contribution in [0, 0.1) is 0 Å². The fourth-order valence-electron chi connectivity index (χ4n) is 3.70. The van der Waals surface area contributed by atoms with Gasteiger partial charge in [-0.15, -0.1) is 0 Å². The molecule has 0 bridgehead atoms. The van der Waals surface area contributed by atoms with Crippen LogP contribution in [0.5, 0.6) is 11.5 Å². The Morgan fingerprint density at radius 2 is 1.50 bits per heavy atom. The molecule has 0 unspecified atom stereocenters. The van der Waals surface area contributed by atoms with Gasteiger partial charge in [0.2, 0.25) is 0 Å². The van der Waals surface area contributed by atoms with Crippen molar-refractivity contribution in [3.63, 3.8) is 0 Å². The van der Waals surface area contributed by atoms with Crippen molar-refractivity contribution in [2.24, 2.45) is 0 Å². The first-order valence-corrected chi connectivity index (χ1v) is 11.6. The highest BCUT2D eigenvalue weighted by molar-refractivity contribution is 9.10. The number of anilines is 1. The van der Waals surface area contributed by atoms with Gasteiger partial charge in [0.15, 0.2) is 5.11 Å². The van der Waals surface area contributed by atoms with Gasteiger partial charge in [0, 0.05) is 4.47 Å². The van der Waals surface area contributed by atoms with Gasteiger partial charge < -0.3 is 4.74 Å². The van der Waals surface area contributed by atoms with Crippen molar-refractivity contribution in [1.82, 2.24) is 5.32 Å². The quantitative estimate of drug-likeness (QED) is 0.194. The van der Waals surface area contributed by atoms with Gasteiger partial charge in [-0.05, 0) is 87.0 Å². The van der Waals surface area contributed by atoms with Gasteiger partial charge in [0.1, 0.15) is 17.1 Å². The molecule has 4 aromatic carbocycles. The number of hydrogen-bond acceptors (Lipinski definition) is 4. The molecule has 0 aliphatic carbocycles. The van der Waals surface area contributed by atoms with E-state index in [9.17, 15) is 9.59 Å². The number of carbonyl (C=O) groups excluding carboxylic acids is 2. The lowest BCUT2D eigenvalue weighted by Crippen LogP contribution is -2.54. The van der Waals surface area contributed by atoms with Crippen LogP contribution in [0.2, 0.25) is 0 Å². The van der Waals surface area contributed by atoms with Crippen LogP contribution < -0.4 is 15.0 Å². The van der Waals surface area contributed by atoms with Gasteiger partial charge in [-0.1, -0.05) is 54.6 Å². The Morgan fingerprint density at radius 3 is 2.26 bits per heavy atom. The Balaban J connectivity index is 1.46. The van der Waals surface area contributed by atoms with Crippen LogP contribution in [0.1, 0.15) is 5.56 Å². The maximum absolute atomic E-state index is 13.4. The van der Waals surface area contributed by atoms with Crippen molar-refractivity contribution in [3.8, 4) is 11.5 Å². The molecule has 1 aliphatic heterocycles. The predicted octanol–water partition coefficient (Wildman–Crippen LogP) is 6.23. The summed E-state index contributed by atoms with van der Waals surface area (Å²) in [5, 5.41) is 4.69. The fourth-order valence-corrected chi connectivity index (χ4v) is 4.59. The molecule has 1 N–H and O–H groups in total. The lowest BCUT2D eigenvalue weighted by atomic mass is 10.0. The van der Waals surface area contributed by atoms with Crippen LogP contribution in [-0.4, -0.2) is 16.9 Å². The molecule has 1 saturated heterocycles. The summed E-state index contributed by atoms with van der Waals surface area (Å²) >= 11 is 8.93. The molecule has 166 valence electrons. The highest BCUT2D eigenvalue weighted by Crippen LogP contribution is 2.31. The summed E-state index contributed by atoms with van der Waals surface area (Å²) in [5.74, 6) is 0.296. The standard InChI is InChI=1S/C27H17BrN2O3S/c28-24-18(11-10-17-6-4-5-9-22(17)24)16-23-25(31)29-27(34)30(26(23)32)19-12-14-21(15-13-19)33-20-7-2-1-3-8-20/h1-16H,(H,29,31,34)/b23-16+. The minimum Gasteiger partial charge on any atom is -0.457 e. The molecule has 1 aliphatic rings. The second-order valence-electron chi connectivity index (χ2n) is 7.56. The summed E-state index contributed by atoms with van der Waals surface area (Å²) in [6.45, 7) is 0. The first kappa shape index (κ1) is 22.0. The molecular formula is C27H17BrN2O3S. The Morgan fingerprint density at radius 1 is 0.824 bits per heavy atom. The zero-order valence-electron chi connectivity index (χ0n) is 17.7. The first-order chi connectivity index (χ1) is 16.5. The van der Waals surface area contributed by atoms with Crippen molar-refractivity contribution < 1.29 is 14.3 Å². The van der Waals surface area contributed by atoms with E-state index in [1.54, 1.807) is 30.3 Å². The van der Waals surface area contributed by atoms with Gasteiger partial charge in [-0.2, -0.15) is 0 Å². The Kier molecular flexibility index (Phi) is 5.96. The highest BCUT2D eigenvalue weighted by Gasteiger charge is 2.34. The van der Waals surface area contributed by atoms with Crippen LogP contribution in [0.25, 0.3) is 16.8 Å². The van der Waals surface area contributed by atoms with E-state index in [4.69, 9.17) is 17.0 Å². The van der Waals surface area contributed by atoms with Crippen LogP contribution in [0.3, 0.4) is 0 Å². The monoisotopic (exact) mass is 528 g/mol. The van der Waals surface area contributed by atoms with Crippen molar-refractivity contribution in [2.75, 3.05) is 4.90 Å². The minimum absolute atomic E-state index is 0.00538. The zero-order valence-corrected chi connectivity index (χ0v) is 20.1. The van der Waals surface area contributed by atoms with Crippen molar-refractivity contribution in [2.45, 2.75) is 0 Å². The number of nitrogens with zero attached hydrogens (tertiary/aromatic N) is 1. The van der Waals surface area contributed by atoms with Crippen LogP contribution in [0.4, 0.5) is 5.69 Å². The second kappa shape index (κ2) is 9.21. The molecule has 5 rings (SSSR count). The molecule has 0 spiro atoms. The van der Waals surface area contributed by atoms with Gasteiger partial charge in [0.25, 0.3) is 11.8 Å². The lowest BCUT2D eigenvalue weighted by Gasteiger charge is -2.29. The third-order valence-electron chi connectivity index (χ3n) is 5.37. The topological polar surface area (TPSA) is 58.6 Å². The summed E-state index contributed by atoms with van der Waals surface area (Å²) in [6, 6.07) is 28.0. The van der Waals surface area contributed by atoms with E-state index in [0.717, 1.165) is 20.8 Å². The Bertz CT molecular complexity index is 1470. The molecule has 7 heteroatoms. The van der Waals surface area contributed by atoms with Crippen molar-refractivity contribution in [3.05, 3.63) is 107 Å². The van der Waals surface area contributed by atoms with E-state index in [2.05, 4.69) is 21.2 Å². The summed E-state index contributed by atoms with van der Waals surface area (Å²) < 4.78 is 6.62. The molecule has 34 heavy (non-hydrogen) atoms. The number of rotatable bonds is 4. The van der Waals surface area contributed by atoms with Gasteiger partial charge in [-0.3, -0.25) is 19.8 Å². The SMILES string of the molecule is O=C1NC(=S)N(c2ccc(Oc3ccccc3)cc2)C(=O)/C1=C/c1ccc2ccccc2c1Br. The summed E-state index contributed by atoms with van der Waals surface area (Å²) in [4.78, 5) is 27.4. The second-order valence-corrected chi connectivity index (χ2v) is 8.74. The normalized spacial score (nSPS) is 15.0. The van der Waals surface area contributed by atoms with Gasteiger partial charge in [-0.25, -0.2) is 0 Å². The number of amides is 2. The van der Waals surface area contributed by atoms with E-state index in [1.807, 2.05) is 66.7 Å². The summed E-state index contributed by atoms with van der Waals surface area (Å²) in [7, 11) is 0. The minimum atomic E-state index is -0.532. The van der Waals surface area contributed by atoms with Gasteiger partial charge >= 0.3 is 0 Å². The van der Waals surface area contributed by atoms with Crippen LogP contribution >= 0.6 is 28.1 Å². The zero-order chi connectivity index (χ0) is 23.7. The number of ether oxygens (including phenoxy) is 1. The molecule has 5 nitrogen and oxygen atoms in total. The molecule has 1 heterocycles. The molecule has 2 amide bonds. The number of nitrogens with one attached hydrogen (secondary N) is 1. The van der Waals surface area contributed by atoms with E-state index in [1.165, 1.54) is 4.90 Å². The molecule has 0 aromatic heterocycles. The molecule has 1 fully saturated rings. The van der Waals surface area contributed by atoms with Crippen molar-refractivity contribution in [1.29, 1.82) is 0 Å². The highest BCUT2D eigenvalue weighted by atomic mass is 79.9. The smallest absolute Gasteiger partial charge is 0.270 e. The number of fused-ring (bicyclic) bond motifs is 1. The average Bonchev–Trinajstić information content (AvgIpc) is 2.85.